The van der Waals surface area contributed by atoms with Crippen LogP contribution >= 0.6 is 11.6 Å². The molecule has 0 aliphatic heterocycles. The number of alkyl halides is 3. The van der Waals surface area contributed by atoms with Crippen molar-refractivity contribution in [1.29, 1.82) is 0 Å². The van der Waals surface area contributed by atoms with Crippen molar-refractivity contribution in [2.75, 3.05) is 6.26 Å². The Labute approximate surface area is 146 Å². The molecular formula is C15H11ClF3NO4S. The number of sulfonamides is 1. The molecule has 1 amide bonds. The van der Waals surface area contributed by atoms with Crippen molar-refractivity contribution in [3.05, 3.63) is 58.6 Å². The van der Waals surface area contributed by atoms with E-state index in [1.54, 1.807) is 4.72 Å². The van der Waals surface area contributed by atoms with Gasteiger partial charge in [-0.1, -0.05) is 11.6 Å². The Hall–Kier alpha value is -2.26. The SMILES string of the molecule is CS(=O)(=O)NC(=O)c1ccc(Oc2ccc(Cl)c(C(F)(F)F)c2)cc1. The predicted molar refractivity (Wildman–Crippen MR) is 85.3 cm³/mol. The summed E-state index contributed by atoms with van der Waals surface area (Å²) in [7, 11) is -3.70. The first kappa shape index (κ1) is 19.1. The highest BCUT2D eigenvalue weighted by Gasteiger charge is 2.33. The van der Waals surface area contributed by atoms with E-state index in [1.165, 1.54) is 30.3 Å². The van der Waals surface area contributed by atoms with Crippen LogP contribution in [0.3, 0.4) is 0 Å². The van der Waals surface area contributed by atoms with E-state index in [1.807, 2.05) is 0 Å². The Morgan fingerprint density at radius 3 is 2.16 bits per heavy atom. The van der Waals surface area contributed by atoms with Crippen LogP contribution in [0.1, 0.15) is 15.9 Å². The van der Waals surface area contributed by atoms with Crippen LogP contribution < -0.4 is 9.46 Å². The van der Waals surface area contributed by atoms with Crippen molar-refractivity contribution in [3.63, 3.8) is 0 Å². The second-order valence-electron chi connectivity index (χ2n) is 4.97. The Kier molecular flexibility index (Phi) is 5.28. The van der Waals surface area contributed by atoms with Gasteiger partial charge in [-0.3, -0.25) is 4.79 Å². The maximum Gasteiger partial charge on any atom is 0.417 e. The summed E-state index contributed by atoms with van der Waals surface area (Å²) in [5.41, 5.74) is -0.985. The molecule has 0 bridgehead atoms. The second kappa shape index (κ2) is 6.93. The van der Waals surface area contributed by atoms with Gasteiger partial charge in [-0.2, -0.15) is 13.2 Å². The molecule has 0 aliphatic carbocycles. The van der Waals surface area contributed by atoms with Crippen molar-refractivity contribution in [1.82, 2.24) is 4.72 Å². The highest BCUT2D eigenvalue weighted by atomic mass is 35.5. The summed E-state index contributed by atoms with van der Waals surface area (Å²) in [4.78, 5) is 11.7. The van der Waals surface area contributed by atoms with E-state index in [4.69, 9.17) is 16.3 Å². The van der Waals surface area contributed by atoms with Crippen molar-refractivity contribution in [2.45, 2.75) is 6.18 Å². The lowest BCUT2D eigenvalue weighted by atomic mass is 10.2. The Morgan fingerprint density at radius 2 is 1.64 bits per heavy atom. The van der Waals surface area contributed by atoms with Crippen LogP contribution in [0.5, 0.6) is 11.5 Å². The van der Waals surface area contributed by atoms with Gasteiger partial charge in [-0.25, -0.2) is 13.1 Å². The molecule has 25 heavy (non-hydrogen) atoms. The number of hydrogen-bond acceptors (Lipinski definition) is 4. The summed E-state index contributed by atoms with van der Waals surface area (Å²) >= 11 is 5.52. The molecule has 0 saturated heterocycles. The summed E-state index contributed by atoms with van der Waals surface area (Å²) in [6.07, 6.45) is -3.79. The average Bonchev–Trinajstić information content (AvgIpc) is 2.47. The summed E-state index contributed by atoms with van der Waals surface area (Å²) in [6.45, 7) is 0. The molecule has 5 nitrogen and oxygen atoms in total. The number of hydrogen-bond donors (Lipinski definition) is 1. The zero-order valence-electron chi connectivity index (χ0n) is 12.6. The van der Waals surface area contributed by atoms with E-state index >= 15 is 0 Å². The molecule has 134 valence electrons. The average molecular weight is 394 g/mol. The lowest BCUT2D eigenvalue weighted by Gasteiger charge is -2.12. The third-order valence-electron chi connectivity index (χ3n) is 2.87. The van der Waals surface area contributed by atoms with E-state index < -0.39 is 32.7 Å². The van der Waals surface area contributed by atoms with Crippen LogP contribution in [0, 0.1) is 0 Å². The molecule has 0 atom stereocenters. The van der Waals surface area contributed by atoms with Crippen LogP contribution in [-0.4, -0.2) is 20.6 Å². The number of benzene rings is 2. The normalized spacial score (nSPS) is 11.9. The van der Waals surface area contributed by atoms with Crippen LogP contribution in [0.15, 0.2) is 42.5 Å². The van der Waals surface area contributed by atoms with Gasteiger partial charge < -0.3 is 4.74 Å². The number of amides is 1. The van der Waals surface area contributed by atoms with E-state index in [0.717, 1.165) is 18.4 Å². The highest BCUT2D eigenvalue weighted by molar-refractivity contribution is 7.89. The summed E-state index contributed by atoms with van der Waals surface area (Å²) in [6, 6.07) is 8.27. The maximum absolute atomic E-state index is 12.8. The monoisotopic (exact) mass is 393 g/mol. The number of ether oxygens (including phenoxy) is 1. The minimum atomic E-state index is -4.62. The molecule has 1 N–H and O–H groups in total. The summed E-state index contributed by atoms with van der Waals surface area (Å²) in [5, 5.41) is -0.451. The molecule has 0 unspecified atom stereocenters. The molecule has 0 aromatic heterocycles. The Morgan fingerprint density at radius 1 is 1.08 bits per heavy atom. The highest BCUT2D eigenvalue weighted by Crippen LogP contribution is 2.37. The van der Waals surface area contributed by atoms with Crippen LogP contribution in [-0.2, 0) is 16.2 Å². The molecule has 0 radical (unpaired) electrons. The van der Waals surface area contributed by atoms with Gasteiger partial charge in [0.1, 0.15) is 11.5 Å². The Balaban J connectivity index is 2.18. The van der Waals surface area contributed by atoms with Gasteiger partial charge in [0, 0.05) is 5.56 Å². The zero-order valence-corrected chi connectivity index (χ0v) is 14.2. The van der Waals surface area contributed by atoms with Crippen molar-refractivity contribution in [3.8, 4) is 11.5 Å². The molecule has 0 saturated carbocycles. The smallest absolute Gasteiger partial charge is 0.417 e. The van der Waals surface area contributed by atoms with Crippen molar-refractivity contribution in [2.24, 2.45) is 0 Å². The minimum absolute atomic E-state index is 0.0462. The number of halogens is 4. The topological polar surface area (TPSA) is 72.5 Å². The summed E-state index contributed by atoms with van der Waals surface area (Å²) < 4.78 is 67.5. The molecule has 0 fully saturated rings. The largest absolute Gasteiger partial charge is 0.457 e. The number of rotatable bonds is 4. The van der Waals surface area contributed by atoms with E-state index in [0.29, 0.717) is 0 Å². The maximum atomic E-state index is 12.8. The second-order valence-corrected chi connectivity index (χ2v) is 7.12. The third-order valence-corrected chi connectivity index (χ3v) is 3.76. The fourth-order valence-electron chi connectivity index (χ4n) is 1.82. The van der Waals surface area contributed by atoms with E-state index in [-0.39, 0.29) is 17.1 Å². The molecule has 2 rings (SSSR count). The van der Waals surface area contributed by atoms with Gasteiger partial charge in [-0.05, 0) is 42.5 Å². The van der Waals surface area contributed by atoms with Gasteiger partial charge >= 0.3 is 6.18 Å². The van der Waals surface area contributed by atoms with Gasteiger partial charge in [0.2, 0.25) is 10.0 Å². The van der Waals surface area contributed by atoms with Crippen molar-refractivity contribution >= 4 is 27.5 Å². The number of carbonyl (C=O) groups excluding carboxylic acids is 1. The van der Waals surface area contributed by atoms with E-state index in [2.05, 4.69) is 0 Å². The fourth-order valence-corrected chi connectivity index (χ4v) is 2.50. The quantitative estimate of drug-likeness (QED) is 0.856. The first-order valence-corrected chi connectivity index (χ1v) is 8.89. The fraction of sp³-hybridized carbons (Fsp3) is 0.133. The summed E-state index contributed by atoms with van der Waals surface area (Å²) in [5.74, 6) is -0.767. The minimum Gasteiger partial charge on any atom is -0.457 e. The Bertz CT molecular complexity index is 896. The van der Waals surface area contributed by atoms with Crippen LogP contribution in [0.2, 0.25) is 5.02 Å². The van der Waals surface area contributed by atoms with Crippen LogP contribution in [0.4, 0.5) is 13.2 Å². The van der Waals surface area contributed by atoms with Gasteiger partial charge in [-0.15, -0.1) is 0 Å². The third kappa shape index (κ3) is 5.36. The molecule has 2 aromatic rings. The first-order valence-electron chi connectivity index (χ1n) is 6.62. The molecular weight excluding hydrogens is 383 g/mol. The van der Waals surface area contributed by atoms with Crippen molar-refractivity contribution < 1.29 is 31.1 Å². The lowest BCUT2D eigenvalue weighted by Crippen LogP contribution is -2.29. The molecule has 2 aromatic carbocycles. The van der Waals surface area contributed by atoms with Gasteiger partial charge in [0.15, 0.2) is 0 Å². The van der Waals surface area contributed by atoms with Gasteiger partial charge in [0.05, 0.1) is 16.8 Å². The molecule has 0 aliphatic rings. The van der Waals surface area contributed by atoms with E-state index in [9.17, 15) is 26.4 Å². The standard InChI is InChI=1S/C15H11ClF3NO4S/c1-25(22,23)20-14(21)9-2-4-10(5-3-9)24-11-6-7-13(16)12(8-11)15(17,18)19/h2-8H,1H3,(H,20,21). The van der Waals surface area contributed by atoms with Crippen LogP contribution in [0.25, 0.3) is 0 Å². The molecule has 0 heterocycles. The lowest BCUT2D eigenvalue weighted by molar-refractivity contribution is -0.137. The molecule has 10 heteroatoms. The predicted octanol–water partition coefficient (Wildman–Crippen LogP) is 3.84. The number of carbonyl (C=O) groups is 1. The first-order chi connectivity index (χ1) is 11.5. The molecule has 0 spiro atoms. The van der Waals surface area contributed by atoms with Gasteiger partial charge in [0.25, 0.3) is 5.91 Å². The zero-order chi connectivity index (χ0) is 18.8. The number of nitrogens with one attached hydrogen (secondary N) is 1.